The second-order valence-electron chi connectivity index (χ2n) is 6.28. The standard InChI is InChI=1S/C19H19N5O2/c25-19(16-10-15(16)18-21-12-22-24-18)23-14-6-7-17(20-11-14)26-9-8-13-4-2-1-3-5-13/h1-7,11-12,15-16H,8-10H2,(H,23,25)(H,21,22,24)/t15-,16+/m1/s1. The van der Waals surface area contributed by atoms with E-state index in [0.717, 1.165) is 18.7 Å². The van der Waals surface area contributed by atoms with Gasteiger partial charge in [0.1, 0.15) is 12.2 Å². The van der Waals surface area contributed by atoms with Crippen molar-refractivity contribution in [1.29, 1.82) is 0 Å². The Labute approximate surface area is 150 Å². The Morgan fingerprint density at radius 1 is 1.19 bits per heavy atom. The maximum absolute atomic E-state index is 12.3. The summed E-state index contributed by atoms with van der Waals surface area (Å²) in [7, 11) is 0. The third-order valence-corrected chi connectivity index (χ3v) is 4.40. The van der Waals surface area contributed by atoms with Crippen molar-refractivity contribution < 1.29 is 9.53 Å². The molecule has 7 nitrogen and oxygen atoms in total. The number of H-pyrrole nitrogens is 1. The molecular weight excluding hydrogens is 330 g/mol. The van der Waals surface area contributed by atoms with Gasteiger partial charge in [-0.05, 0) is 18.1 Å². The summed E-state index contributed by atoms with van der Waals surface area (Å²) < 4.78 is 5.65. The van der Waals surface area contributed by atoms with Crippen LogP contribution in [0.4, 0.5) is 5.69 Å². The van der Waals surface area contributed by atoms with Gasteiger partial charge in [-0.2, -0.15) is 5.10 Å². The molecule has 1 aliphatic rings. The fourth-order valence-electron chi connectivity index (χ4n) is 2.87. The lowest BCUT2D eigenvalue weighted by atomic mass is 10.2. The van der Waals surface area contributed by atoms with Crippen molar-refractivity contribution in [3.63, 3.8) is 0 Å². The third-order valence-electron chi connectivity index (χ3n) is 4.40. The molecule has 1 aromatic carbocycles. The highest BCUT2D eigenvalue weighted by Gasteiger charge is 2.46. The van der Waals surface area contributed by atoms with E-state index >= 15 is 0 Å². The first-order valence-corrected chi connectivity index (χ1v) is 8.58. The first-order chi connectivity index (χ1) is 12.8. The Balaban J connectivity index is 1.25. The highest BCUT2D eigenvalue weighted by molar-refractivity contribution is 5.94. The first kappa shape index (κ1) is 16.3. The lowest BCUT2D eigenvalue weighted by Gasteiger charge is -2.07. The number of anilines is 1. The highest BCUT2D eigenvalue weighted by Crippen LogP contribution is 2.46. The van der Waals surface area contributed by atoms with Crippen LogP contribution in [0.1, 0.15) is 23.7 Å². The first-order valence-electron chi connectivity index (χ1n) is 8.58. The molecule has 0 spiro atoms. The zero-order valence-electron chi connectivity index (χ0n) is 14.1. The van der Waals surface area contributed by atoms with Gasteiger partial charge in [-0.15, -0.1) is 0 Å². The summed E-state index contributed by atoms with van der Waals surface area (Å²) in [5.74, 6) is 1.36. The second-order valence-corrected chi connectivity index (χ2v) is 6.28. The average molecular weight is 349 g/mol. The fraction of sp³-hybridized carbons (Fsp3) is 0.263. The number of amides is 1. The van der Waals surface area contributed by atoms with Crippen LogP contribution in [0.15, 0.2) is 55.0 Å². The van der Waals surface area contributed by atoms with Crippen molar-refractivity contribution >= 4 is 11.6 Å². The molecule has 0 saturated heterocycles. The zero-order valence-corrected chi connectivity index (χ0v) is 14.1. The van der Waals surface area contributed by atoms with Crippen LogP contribution in [0.3, 0.4) is 0 Å². The number of rotatable bonds is 7. The van der Waals surface area contributed by atoms with E-state index in [1.807, 2.05) is 18.2 Å². The van der Waals surface area contributed by atoms with Gasteiger partial charge in [0, 0.05) is 24.3 Å². The highest BCUT2D eigenvalue weighted by atomic mass is 16.5. The minimum absolute atomic E-state index is 0.0223. The van der Waals surface area contributed by atoms with Crippen LogP contribution in [0, 0.1) is 5.92 Å². The molecular formula is C19H19N5O2. The number of carbonyl (C=O) groups excluding carboxylic acids is 1. The smallest absolute Gasteiger partial charge is 0.228 e. The van der Waals surface area contributed by atoms with Gasteiger partial charge < -0.3 is 10.1 Å². The molecule has 132 valence electrons. The summed E-state index contributed by atoms with van der Waals surface area (Å²) >= 11 is 0. The topological polar surface area (TPSA) is 92.8 Å². The van der Waals surface area contributed by atoms with Crippen molar-refractivity contribution in [2.75, 3.05) is 11.9 Å². The Hall–Kier alpha value is -3.22. The number of benzene rings is 1. The van der Waals surface area contributed by atoms with Crippen molar-refractivity contribution in [3.8, 4) is 5.88 Å². The number of ether oxygens (including phenoxy) is 1. The van der Waals surface area contributed by atoms with Gasteiger partial charge in [-0.3, -0.25) is 9.89 Å². The van der Waals surface area contributed by atoms with E-state index in [2.05, 4.69) is 37.6 Å². The van der Waals surface area contributed by atoms with Crippen LogP contribution in [0.2, 0.25) is 0 Å². The number of hydrogen-bond acceptors (Lipinski definition) is 5. The molecule has 4 rings (SSSR count). The average Bonchev–Trinajstić information content (AvgIpc) is 3.29. The molecule has 1 fully saturated rings. The Bertz CT molecular complexity index is 849. The lowest BCUT2D eigenvalue weighted by Crippen LogP contribution is -2.15. The summed E-state index contributed by atoms with van der Waals surface area (Å²) in [6.07, 6.45) is 4.69. The third kappa shape index (κ3) is 3.88. The molecule has 0 aliphatic heterocycles. The summed E-state index contributed by atoms with van der Waals surface area (Å²) in [6.45, 7) is 0.559. The van der Waals surface area contributed by atoms with E-state index in [4.69, 9.17) is 4.74 Å². The minimum Gasteiger partial charge on any atom is -0.477 e. The van der Waals surface area contributed by atoms with Gasteiger partial charge in [-0.25, -0.2) is 9.97 Å². The van der Waals surface area contributed by atoms with Crippen LogP contribution >= 0.6 is 0 Å². The van der Waals surface area contributed by atoms with Crippen LogP contribution in [-0.4, -0.2) is 32.7 Å². The maximum atomic E-state index is 12.3. The molecule has 2 N–H and O–H groups in total. The van der Waals surface area contributed by atoms with Crippen molar-refractivity contribution in [3.05, 3.63) is 66.4 Å². The number of aromatic amines is 1. The predicted octanol–water partition coefficient (Wildman–Crippen LogP) is 2.56. The summed E-state index contributed by atoms with van der Waals surface area (Å²) in [6, 6.07) is 13.7. The molecule has 0 unspecified atom stereocenters. The van der Waals surface area contributed by atoms with E-state index in [1.54, 1.807) is 18.3 Å². The van der Waals surface area contributed by atoms with Gasteiger partial charge in [0.05, 0.1) is 18.5 Å². The van der Waals surface area contributed by atoms with E-state index in [0.29, 0.717) is 18.2 Å². The Morgan fingerprint density at radius 3 is 2.81 bits per heavy atom. The van der Waals surface area contributed by atoms with Gasteiger partial charge in [0.25, 0.3) is 0 Å². The zero-order chi connectivity index (χ0) is 17.8. The molecule has 2 aromatic heterocycles. The molecule has 26 heavy (non-hydrogen) atoms. The van der Waals surface area contributed by atoms with Gasteiger partial charge in [0.2, 0.25) is 11.8 Å². The van der Waals surface area contributed by atoms with Crippen molar-refractivity contribution in [2.24, 2.45) is 5.92 Å². The van der Waals surface area contributed by atoms with Gasteiger partial charge in [-0.1, -0.05) is 30.3 Å². The molecule has 2 atom stereocenters. The van der Waals surface area contributed by atoms with Crippen LogP contribution in [-0.2, 0) is 11.2 Å². The van der Waals surface area contributed by atoms with Crippen molar-refractivity contribution in [1.82, 2.24) is 20.2 Å². The van der Waals surface area contributed by atoms with E-state index < -0.39 is 0 Å². The Morgan fingerprint density at radius 2 is 2.08 bits per heavy atom. The number of aromatic nitrogens is 4. The lowest BCUT2D eigenvalue weighted by molar-refractivity contribution is -0.117. The number of hydrogen-bond donors (Lipinski definition) is 2. The SMILES string of the molecule is O=C(Nc1ccc(OCCc2ccccc2)nc1)[C@H]1C[C@H]1c1ncn[nH]1. The van der Waals surface area contributed by atoms with E-state index in [-0.39, 0.29) is 17.7 Å². The van der Waals surface area contributed by atoms with Crippen molar-refractivity contribution in [2.45, 2.75) is 18.8 Å². The van der Waals surface area contributed by atoms with Gasteiger partial charge in [0.15, 0.2) is 0 Å². The van der Waals surface area contributed by atoms with Gasteiger partial charge >= 0.3 is 0 Å². The molecule has 7 heteroatoms. The summed E-state index contributed by atoms with van der Waals surface area (Å²) in [5.41, 5.74) is 1.88. The second kappa shape index (κ2) is 7.35. The monoisotopic (exact) mass is 349 g/mol. The number of nitrogens with zero attached hydrogens (tertiary/aromatic N) is 3. The van der Waals surface area contributed by atoms with Crippen LogP contribution in [0.25, 0.3) is 0 Å². The molecule has 3 aromatic rings. The molecule has 2 heterocycles. The number of pyridine rings is 1. The normalized spacial score (nSPS) is 18.3. The predicted molar refractivity (Wildman–Crippen MR) is 95.7 cm³/mol. The minimum atomic E-state index is -0.0650. The van der Waals surface area contributed by atoms with E-state index in [1.165, 1.54) is 11.9 Å². The molecule has 1 saturated carbocycles. The summed E-state index contributed by atoms with van der Waals surface area (Å²) in [5, 5.41) is 9.53. The molecule has 1 amide bonds. The Kier molecular flexibility index (Phi) is 4.59. The summed E-state index contributed by atoms with van der Waals surface area (Å²) in [4.78, 5) is 20.6. The molecule has 0 bridgehead atoms. The molecule has 0 radical (unpaired) electrons. The van der Waals surface area contributed by atoms with E-state index in [9.17, 15) is 4.79 Å². The van der Waals surface area contributed by atoms with Crippen LogP contribution < -0.4 is 10.1 Å². The fourth-order valence-corrected chi connectivity index (χ4v) is 2.87. The quantitative estimate of drug-likeness (QED) is 0.684. The van der Waals surface area contributed by atoms with Crippen LogP contribution in [0.5, 0.6) is 5.88 Å². The number of carbonyl (C=O) groups is 1. The largest absolute Gasteiger partial charge is 0.477 e. The maximum Gasteiger partial charge on any atom is 0.228 e. The number of nitrogens with one attached hydrogen (secondary N) is 2. The molecule has 1 aliphatic carbocycles.